The third-order valence-corrected chi connectivity index (χ3v) is 5.26. The quantitative estimate of drug-likeness (QED) is 0.783. The van der Waals surface area contributed by atoms with Gasteiger partial charge in [0.1, 0.15) is 0 Å². The summed E-state index contributed by atoms with van der Waals surface area (Å²) in [5.74, 6) is 0. The maximum atomic E-state index is 5.64. The Morgan fingerprint density at radius 2 is 1.70 bits per heavy atom. The first-order valence-electron chi connectivity index (χ1n) is 8.37. The molecule has 1 heterocycles. The summed E-state index contributed by atoms with van der Waals surface area (Å²) in [6, 6.07) is 15.6. The predicted octanol–water partition coefficient (Wildman–Crippen LogP) is 3.65. The zero-order valence-corrected chi connectivity index (χ0v) is 14.1. The van der Waals surface area contributed by atoms with Gasteiger partial charge >= 0.3 is 0 Å². The average Bonchev–Trinajstić information content (AvgIpc) is 2.62. The molecule has 1 aliphatic carbocycles. The van der Waals surface area contributed by atoms with Crippen LogP contribution in [0.25, 0.3) is 11.1 Å². The third kappa shape index (κ3) is 3.04. The molecule has 3 heteroatoms. The van der Waals surface area contributed by atoms with Crippen LogP contribution in [0.4, 0.5) is 0 Å². The van der Waals surface area contributed by atoms with Crippen LogP contribution in [0.15, 0.2) is 42.5 Å². The Kier molecular flexibility index (Phi) is 4.15. The van der Waals surface area contributed by atoms with E-state index in [0.29, 0.717) is 0 Å². The summed E-state index contributed by atoms with van der Waals surface area (Å²) in [5, 5.41) is 0. The molecule has 0 aromatic heterocycles. The Balaban J connectivity index is 1.55. The molecule has 0 N–H and O–H groups in total. The van der Waals surface area contributed by atoms with Crippen molar-refractivity contribution in [2.24, 2.45) is 0 Å². The number of ether oxygens (including phenoxy) is 1. The van der Waals surface area contributed by atoms with Crippen LogP contribution < -0.4 is 0 Å². The molecule has 118 valence electrons. The highest BCUT2D eigenvalue weighted by Crippen LogP contribution is 2.33. The largest absolute Gasteiger partial charge is 0.378 e. The van der Waals surface area contributed by atoms with E-state index in [9.17, 15) is 0 Å². The number of aryl methyl sites for hydroxylation is 2. The summed E-state index contributed by atoms with van der Waals surface area (Å²) >= 11 is 5.64. The summed E-state index contributed by atoms with van der Waals surface area (Å²) in [7, 11) is 0. The van der Waals surface area contributed by atoms with Crippen LogP contribution in [0.2, 0.25) is 0 Å². The lowest BCUT2D eigenvalue weighted by Crippen LogP contribution is -2.40. The molecule has 0 bridgehead atoms. The van der Waals surface area contributed by atoms with Gasteiger partial charge in [-0.15, -0.1) is 0 Å². The summed E-state index contributed by atoms with van der Waals surface area (Å²) in [4.78, 5) is 3.33. The highest BCUT2D eigenvalue weighted by atomic mass is 32.1. The maximum absolute atomic E-state index is 5.64. The minimum atomic E-state index is 0.793. The van der Waals surface area contributed by atoms with Crippen LogP contribution in [0, 0.1) is 0 Å². The Bertz CT molecular complexity index is 734. The zero-order chi connectivity index (χ0) is 15.6. The normalized spacial score (nSPS) is 16.6. The van der Waals surface area contributed by atoms with Gasteiger partial charge < -0.3 is 9.64 Å². The van der Waals surface area contributed by atoms with Gasteiger partial charge in [0.15, 0.2) is 0 Å². The molecule has 0 unspecified atom stereocenters. The molecule has 2 nitrogen and oxygen atoms in total. The fourth-order valence-corrected chi connectivity index (χ4v) is 3.95. The molecule has 0 spiro atoms. The maximum Gasteiger partial charge on any atom is 0.0825 e. The Morgan fingerprint density at radius 3 is 2.57 bits per heavy atom. The van der Waals surface area contributed by atoms with Crippen molar-refractivity contribution in [3.63, 3.8) is 0 Å². The van der Waals surface area contributed by atoms with Crippen LogP contribution in [0.3, 0.4) is 0 Å². The second kappa shape index (κ2) is 6.42. The molecule has 1 saturated heterocycles. The highest BCUT2D eigenvalue weighted by Gasteiger charge is 2.17. The number of rotatable bonds is 2. The molecule has 0 saturated carbocycles. The minimum Gasteiger partial charge on any atom is -0.378 e. The van der Waals surface area contributed by atoms with E-state index in [0.717, 1.165) is 50.6 Å². The van der Waals surface area contributed by atoms with E-state index >= 15 is 0 Å². The molecule has 1 fully saturated rings. The first kappa shape index (κ1) is 14.9. The predicted molar refractivity (Wildman–Crippen MR) is 98.0 cm³/mol. The number of fused-ring (bicyclic) bond motifs is 3. The summed E-state index contributed by atoms with van der Waals surface area (Å²) < 4.78 is 5.41. The van der Waals surface area contributed by atoms with Gasteiger partial charge in [0, 0.05) is 19.5 Å². The molecule has 23 heavy (non-hydrogen) atoms. The molecule has 2 aliphatic rings. The third-order valence-electron chi connectivity index (χ3n) is 4.86. The molecular formula is C20H21NOS. The number of morpholine rings is 1. The van der Waals surface area contributed by atoms with Gasteiger partial charge in [-0.3, -0.25) is 0 Å². The van der Waals surface area contributed by atoms with Crippen LogP contribution in [-0.2, 0) is 24.0 Å². The smallest absolute Gasteiger partial charge is 0.0825 e. The number of hydrogen-bond donors (Lipinski definition) is 0. The van der Waals surface area contributed by atoms with Gasteiger partial charge in [-0.2, -0.15) is 0 Å². The second-order valence-corrected chi connectivity index (χ2v) is 6.79. The lowest BCUT2D eigenvalue weighted by molar-refractivity contribution is 0.0684. The van der Waals surface area contributed by atoms with Crippen molar-refractivity contribution in [1.29, 1.82) is 0 Å². The zero-order valence-electron chi connectivity index (χ0n) is 13.3. The molecular weight excluding hydrogens is 302 g/mol. The van der Waals surface area contributed by atoms with Crippen LogP contribution in [0.5, 0.6) is 0 Å². The molecule has 1 aliphatic heterocycles. The number of hydrogen-bond acceptors (Lipinski definition) is 2. The first-order valence-corrected chi connectivity index (χ1v) is 8.78. The highest BCUT2D eigenvalue weighted by molar-refractivity contribution is 7.80. The van der Waals surface area contributed by atoms with E-state index in [1.807, 2.05) is 0 Å². The fourth-order valence-electron chi connectivity index (χ4n) is 3.60. The van der Waals surface area contributed by atoms with Crippen molar-refractivity contribution >= 4 is 17.2 Å². The van der Waals surface area contributed by atoms with Crippen molar-refractivity contribution in [3.8, 4) is 11.1 Å². The summed E-state index contributed by atoms with van der Waals surface area (Å²) in [6.07, 6.45) is 3.13. The van der Waals surface area contributed by atoms with E-state index in [2.05, 4.69) is 47.4 Å². The molecule has 2 aromatic rings. The van der Waals surface area contributed by atoms with Crippen LogP contribution in [-0.4, -0.2) is 36.2 Å². The van der Waals surface area contributed by atoms with Crippen molar-refractivity contribution < 1.29 is 4.74 Å². The van der Waals surface area contributed by atoms with E-state index in [1.165, 1.54) is 27.8 Å². The first-order chi connectivity index (χ1) is 11.3. The van der Waals surface area contributed by atoms with Crippen LogP contribution in [0.1, 0.15) is 16.7 Å². The van der Waals surface area contributed by atoms with Gasteiger partial charge in [-0.1, -0.05) is 54.7 Å². The summed E-state index contributed by atoms with van der Waals surface area (Å²) in [6.45, 7) is 3.44. The Labute approximate surface area is 143 Å². The number of benzene rings is 2. The average molecular weight is 323 g/mol. The molecule has 0 atom stereocenters. The fraction of sp³-hybridized carbons (Fsp3) is 0.350. The van der Waals surface area contributed by atoms with E-state index in [1.54, 1.807) is 0 Å². The molecule has 4 rings (SSSR count). The van der Waals surface area contributed by atoms with E-state index < -0.39 is 0 Å². The minimum absolute atomic E-state index is 0.793. The molecule has 0 radical (unpaired) electrons. The number of nitrogens with zero attached hydrogens (tertiary/aromatic N) is 1. The van der Waals surface area contributed by atoms with Gasteiger partial charge in [0.05, 0.1) is 18.2 Å². The molecule has 2 aromatic carbocycles. The molecule has 0 amide bonds. The lowest BCUT2D eigenvalue weighted by atomic mass is 9.84. The second-order valence-electron chi connectivity index (χ2n) is 6.32. The standard InChI is InChI=1S/C20H21NOS/c23-20(21-9-11-22-12-10-21)14-15-5-8-19-17(13-15)7-6-16-3-1-2-4-18(16)19/h1-5,8,13H,6-7,9-12,14H2. The topological polar surface area (TPSA) is 12.5 Å². The van der Waals surface area contributed by atoms with Crippen molar-refractivity contribution in [1.82, 2.24) is 4.90 Å². The van der Waals surface area contributed by atoms with Crippen LogP contribution >= 0.6 is 12.2 Å². The van der Waals surface area contributed by atoms with Gasteiger partial charge in [0.25, 0.3) is 0 Å². The Morgan fingerprint density at radius 1 is 0.957 bits per heavy atom. The van der Waals surface area contributed by atoms with Gasteiger partial charge in [-0.05, 0) is 40.7 Å². The number of thiocarbonyl (C=S) groups is 1. The lowest BCUT2D eigenvalue weighted by Gasteiger charge is -2.29. The van der Waals surface area contributed by atoms with Crippen molar-refractivity contribution in [2.45, 2.75) is 19.3 Å². The Hall–Kier alpha value is -1.71. The van der Waals surface area contributed by atoms with Crippen molar-refractivity contribution in [2.75, 3.05) is 26.3 Å². The van der Waals surface area contributed by atoms with E-state index in [-0.39, 0.29) is 0 Å². The summed E-state index contributed by atoms with van der Waals surface area (Å²) in [5.41, 5.74) is 7.06. The SMILES string of the molecule is S=C(Cc1ccc2c(c1)CCc1ccccc1-2)N1CCOCC1. The van der Waals surface area contributed by atoms with Gasteiger partial charge in [0.2, 0.25) is 0 Å². The van der Waals surface area contributed by atoms with Gasteiger partial charge in [-0.25, -0.2) is 0 Å². The monoisotopic (exact) mass is 323 g/mol. The van der Waals surface area contributed by atoms with E-state index in [4.69, 9.17) is 17.0 Å². The van der Waals surface area contributed by atoms with Crippen molar-refractivity contribution in [3.05, 3.63) is 59.2 Å².